The van der Waals surface area contributed by atoms with Gasteiger partial charge < -0.3 is 14.5 Å². The second-order valence-corrected chi connectivity index (χ2v) is 6.95. The summed E-state index contributed by atoms with van der Waals surface area (Å²) < 4.78 is 10.9. The lowest BCUT2D eigenvalue weighted by Crippen LogP contribution is -2.28. The summed E-state index contributed by atoms with van der Waals surface area (Å²) in [6.45, 7) is 4.30. The summed E-state index contributed by atoms with van der Waals surface area (Å²) in [7, 11) is 1.58. The van der Waals surface area contributed by atoms with Crippen LogP contribution < -0.4 is 15.7 Å². The Bertz CT molecular complexity index is 1040. The molecule has 0 spiro atoms. The van der Waals surface area contributed by atoms with Gasteiger partial charge >= 0.3 is 5.63 Å². The lowest BCUT2D eigenvalue weighted by molar-refractivity contribution is -0.120. The number of amides is 1. The molecule has 0 saturated carbocycles. The molecular formula is C23H25NO4. The fraction of sp³-hybridized carbons (Fsp3) is 0.304. The normalized spacial score (nSPS) is 10.8. The van der Waals surface area contributed by atoms with Gasteiger partial charge in [0.2, 0.25) is 5.91 Å². The highest BCUT2D eigenvalue weighted by molar-refractivity contribution is 5.89. The number of ether oxygens (including phenoxy) is 1. The predicted molar refractivity (Wildman–Crippen MR) is 110 cm³/mol. The lowest BCUT2D eigenvalue weighted by Gasteiger charge is -2.12. The third-order valence-electron chi connectivity index (χ3n) is 4.85. The zero-order chi connectivity index (χ0) is 20.1. The highest BCUT2D eigenvalue weighted by atomic mass is 16.5. The summed E-state index contributed by atoms with van der Waals surface area (Å²) in [5, 5.41) is 3.63. The molecule has 0 fully saturated rings. The molecule has 0 bridgehead atoms. The zero-order valence-electron chi connectivity index (χ0n) is 16.5. The van der Waals surface area contributed by atoms with Crippen molar-refractivity contribution in [2.75, 3.05) is 13.7 Å². The van der Waals surface area contributed by atoms with Crippen LogP contribution in [0.25, 0.3) is 11.0 Å². The maximum absolute atomic E-state index is 12.4. The molecule has 1 aromatic heterocycles. The summed E-state index contributed by atoms with van der Waals surface area (Å²) in [5.41, 5.74) is 3.28. The first-order valence-corrected chi connectivity index (χ1v) is 9.41. The average molecular weight is 379 g/mol. The number of benzene rings is 2. The van der Waals surface area contributed by atoms with Crippen LogP contribution in [-0.4, -0.2) is 19.6 Å². The lowest BCUT2D eigenvalue weighted by atomic mass is 10.0. The van der Waals surface area contributed by atoms with Gasteiger partial charge in [0.15, 0.2) is 0 Å². The number of aryl methyl sites for hydroxylation is 3. The van der Waals surface area contributed by atoms with Gasteiger partial charge in [0.25, 0.3) is 0 Å². The smallest absolute Gasteiger partial charge is 0.340 e. The van der Waals surface area contributed by atoms with Crippen molar-refractivity contribution in [3.63, 3.8) is 0 Å². The van der Waals surface area contributed by atoms with Crippen molar-refractivity contribution in [2.45, 2.75) is 33.1 Å². The van der Waals surface area contributed by atoms with Crippen LogP contribution in [0, 0.1) is 13.8 Å². The number of hydrogen-bond acceptors (Lipinski definition) is 4. The molecule has 0 unspecified atom stereocenters. The number of rotatable bonds is 7. The number of carbonyl (C=O) groups excluding carboxylic acids is 1. The Morgan fingerprint density at radius 3 is 2.61 bits per heavy atom. The van der Waals surface area contributed by atoms with Crippen molar-refractivity contribution in [1.82, 2.24) is 5.32 Å². The van der Waals surface area contributed by atoms with Crippen LogP contribution in [0.4, 0.5) is 0 Å². The Kier molecular flexibility index (Phi) is 6.14. The monoisotopic (exact) mass is 379 g/mol. The van der Waals surface area contributed by atoms with Crippen molar-refractivity contribution in [1.29, 1.82) is 0 Å². The number of nitrogens with one attached hydrogen (secondary N) is 1. The van der Waals surface area contributed by atoms with E-state index in [0.29, 0.717) is 23.4 Å². The number of hydrogen-bond donors (Lipinski definition) is 1. The molecule has 146 valence electrons. The Hall–Kier alpha value is -3.08. The summed E-state index contributed by atoms with van der Waals surface area (Å²) in [6, 6.07) is 13.8. The molecule has 5 heteroatoms. The first-order chi connectivity index (χ1) is 13.5. The number of methoxy groups -OCH3 is 1. The van der Waals surface area contributed by atoms with E-state index in [-0.39, 0.29) is 12.3 Å². The molecule has 0 aliphatic rings. The molecule has 0 saturated heterocycles. The van der Waals surface area contributed by atoms with Crippen molar-refractivity contribution < 1.29 is 13.9 Å². The van der Waals surface area contributed by atoms with Gasteiger partial charge in [0, 0.05) is 6.54 Å². The van der Waals surface area contributed by atoms with Crippen LogP contribution in [0.2, 0.25) is 0 Å². The van der Waals surface area contributed by atoms with Crippen LogP contribution in [0.5, 0.6) is 5.75 Å². The summed E-state index contributed by atoms with van der Waals surface area (Å²) in [5.74, 6) is 0.453. The highest BCUT2D eigenvalue weighted by Gasteiger charge is 2.17. The van der Waals surface area contributed by atoms with Gasteiger partial charge in [-0.15, -0.1) is 0 Å². The maximum Gasteiger partial charge on any atom is 0.340 e. The fourth-order valence-electron chi connectivity index (χ4n) is 3.39. The average Bonchev–Trinajstić information content (AvgIpc) is 2.68. The van der Waals surface area contributed by atoms with Crippen LogP contribution in [0.3, 0.4) is 0 Å². The highest BCUT2D eigenvalue weighted by Crippen LogP contribution is 2.30. The van der Waals surface area contributed by atoms with Crippen LogP contribution in [0.15, 0.2) is 51.7 Å². The minimum atomic E-state index is -0.475. The SMILES string of the molecule is COc1cc(C)cc2oc(=O)c(CC(=O)NCCCc3ccccc3)c(C)c12. The molecule has 0 aliphatic carbocycles. The van der Waals surface area contributed by atoms with Crippen molar-refractivity contribution in [3.8, 4) is 5.75 Å². The molecule has 0 aliphatic heterocycles. The Labute approximate surface area is 164 Å². The Morgan fingerprint density at radius 1 is 1.14 bits per heavy atom. The molecular weight excluding hydrogens is 354 g/mol. The van der Waals surface area contributed by atoms with Crippen molar-refractivity contribution in [3.05, 3.63) is 75.1 Å². The molecule has 0 atom stereocenters. The number of fused-ring (bicyclic) bond motifs is 1. The van der Waals surface area contributed by atoms with Gasteiger partial charge in [-0.1, -0.05) is 30.3 Å². The van der Waals surface area contributed by atoms with Gasteiger partial charge in [-0.3, -0.25) is 4.79 Å². The molecule has 28 heavy (non-hydrogen) atoms. The Balaban J connectivity index is 1.70. The van der Waals surface area contributed by atoms with E-state index >= 15 is 0 Å². The molecule has 0 radical (unpaired) electrons. The van der Waals surface area contributed by atoms with Crippen LogP contribution in [-0.2, 0) is 17.6 Å². The third kappa shape index (κ3) is 4.42. The van der Waals surface area contributed by atoms with Gasteiger partial charge in [0.05, 0.1) is 24.5 Å². The fourth-order valence-corrected chi connectivity index (χ4v) is 3.39. The van der Waals surface area contributed by atoms with E-state index in [2.05, 4.69) is 17.4 Å². The maximum atomic E-state index is 12.4. The molecule has 1 heterocycles. The predicted octanol–water partition coefficient (Wildman–Crippen LogP) is 3.71. The second-order valence-electron chi connectivity index (χ2n) is 6.95. The molecule has 2 aromatic carbocycles. The van der Waals surface area contributed by atoms with E-state index in [1.807, 2.05) is 38.1 Å². The van der Waals surface area contributed by atoms with Crippen LogP contribution >= 0.6 is 0 Å². The van der Waals surface area contributed by atoms with E-state index in [4.69, 9.17) is 9.15 Å². The van der Waals surface area contributed by atoms with E-state index in [0.717, 1.165) is 29.4 Å². The summed E-state index contributed by atoms with van der Waals surface area (Å²) >= 11 is 0. The van der Waals surface area contributed by atoms with Gasteiger partial charge in [-0.2, -0.15) is 0 Å². The standard InChI is InChI=1S/C23H25NO4/c1-15-12-19(27-3)22-16(2)18(23(26)28-20(22)13-15)14-21(25)24-11-7-10-17-8-5-4-6-9-17/h4-6,8-9,12-13H,7,10-11,14H2,1-3H3,(H,24,25). The van der Waals surface area contributed by atoms with Crippen molar-refractivity contribution >= 4 is 16.9 Å². The molecule has 3 rings (SSSR count). The minimum Gasteiger partial charge on any atom is -0.496 e. The van der Waals surface area contributed by atoms with Gasteiger partial charge in [0.1, 0.15) is 11.3 Å². The van der Waals surface area contributed by atoms with Crippen molar-refractivity contribution in [2.24, 2.45) is 0 Å². The third-order valence-corrected chi connectivity index (χ3v) is 4.85. The largest absolute Gasteiger partial charge is 0.496 e. The first-order valence-electron chi connectivity index (χ1n) is 9.41. The number of carbonyl (C=O) groups is 1. The van der Waals surface area contributed by atoms with Gasteiger partial charge in [-0.05, 0) is 55.5 Å². The topological polar surface area (TPSA) is 68.5 Å². The van der Waals surface area contributed by atoms with Crippen LogP contribution in [0.1, 0.15) is 28.7 Å². The van der Waals surface area contributed by atoms with E-state index in [1.165, 1.54) is 5.56 Å². The zero-order valence-corrected chi connectivity index (χ0v) is 16.5. The quantitative estimate of drug-likeness (QED) is 0.502. The molecule has 1 N–H and O–H groups in total. The molecule has 1 amide bonds. The van der Waals surface area contributed by atoms with E-state index in [9.17, 15) is 9.59 Å². The Morgan fingerprint density at radius 2 is 1.89 bits per heavy atom. The van der Waals surface area contributed by atoms with E-state index < -0.39 is 5.63 Å². The summed E-state index contributed by atoms with van der Waals surface area (Å²) in [6.07, 6.45) is 1.73. The van der Waals surface area contributed by atoms with E-state index in [1.54, 1.807) is 13.2 Å². The summed E-state index contributed by atoms with van der Waals surface area (Å²) in [4.78, 5) is 24.8. The second kappa shape index (κ2) is 8.74. The minimum absolute atomic E-state index is 0.00747. The first kappa shape index (κ1) is 19.7. The molecule has 5 nitrogen and oxygen atoms in total. The van der Waals surface area contributed by atoms with Gasteiger partial charge in [-0.25, -0.2) is 4.79 Å². The molecule has 3 aromatic rings.